The average molecular weight is 478 g/mol. The Labute approximate surface area is 183 Å². The molecular weight excluding hydrogens is 459 g/mol. The Hall–Kier alpha value is -1.78. The molecule has 1 amide bonds. The second kappa shape index (κ2) is 9.15. The van der Waals surface area contributed by atoms with E-state index >= 15 is 0 Å². The van der Waals surface area contributed by atoms with Gasteiger partial charge in [0.2, 0.25) is 15.9 Å². The molecule has 3 rings (SSSR count). The lowest BCUT2D eigenvalue weighted by molar-refractivity contribution is -0.121. The Morgan fingerprint density at radius 1 is 1.10 bits per heavy atom. The molecule has 30 heavy (non-hydrogen) atoms. The van der Waals surface area contributed by atoms with E-state index in [0.717, 1.165) is 12.1 Å². The molecule has 1 aliphatic heterocycles. The summed E-state index contributed by atoms with van der Waals surface area (Å²) in [6.07, 6.45) is 0. The first-order valence-corrected chi connectivity index (χ1v) is 11.2. The van der Waals surface area contributed by atoms with E-state index in [-0.39, 0.29) is 46.8 Å². The number of halogens is 4. The van der Waals surface area contributed by atoms with Gasteiger partial charge < -0.3 is 5.32 Å². The quantitative estimate of drug-likeness (QED) is 0.713. The van der Waals surface area contributed by atoms with Gasteiger partial charge in [0, 0.05) is 32.2 Å². The summed E-state index contributed by atoms with van der Waals surface area (Å²) in [5.41, 5.74) is -0.120. The number of hydrogen-bond acceptors (Lipinski definition) is 4. The molecule has 2 aromatic carbocycles. The first kappa shape index (κ1) is 22.9. The Balaban J connectivity index is 1.64. The molecule has 0 aromatic heterocycles. The summed E-state index contributed by atoms with van der Waals surface area (Å²) in [6, 6.07) is 6.65. The number of sulfonamides is 1. The Morgan fingerprint density at radius 3 is 2.40 bits per heavy atom. The minimum atomic E-state index is -3.84. The molecule has 0 radical (unpaired) electrons. The van der Waals surface area contributed by atoms with Gasteiger partial charge in [-0.05, 0) is 31.2 Å². The monoisotopic (exact) mass is 477 g/mol. The summed E-state index contributed by atoms with van der Waals surface area (Å²) in [7, 11) is -3.84. The highest BCUT2D eigenvalue weighted by molar-refractivity contribution is 7.89. The van der Waals surface area contributed by atoms with Crippen molar-refractivity contribution in [1.82, 2.24) is 9.21 Å². The van der Waals surface area contributed by atoms with Crippen LogP contribution >= 0.6 is 23.2 Å². The van der Waals surface area contributed by atoms with E-state index in [1.807, 2.05) is 0 Å². The molecule has 1 aliphatic rings. The SMILES string of the molecule is CC(C(=O)Nc1ccc(F)cc1F)N1CCN(S(=O)(=O)c2cccc(Cl)c2Cl)CC1. The van der Waals surface area contributed by atoms with Gasteiger partial charge in [0.25, 0.3) is 0 Å². The Morgan fingerprint density at radius 2 is 1.77 bits per heavy atom. The predicted octanol–water partition coefficient (Wildman–Crippen LogP) is 3.61. The van der Waals surface area contributed by atoms with E-state index in [9.17, 15) is 22.0 Å². The van der Waals surface area contributed by atoms with Gasteiger partial charge in [-0.25, -0.2) is 17.2 Å². The first-order valence-electron chi connectivity index (χ1n) is 9.05. The van der Waals surface area contributed by atoms with E-state index in [4.69, 9.17) is 23.2 Å². The van der Waals surface area contributed by atoms with Crippen LogP contribution < -0.4 is 5.32 Å². The van der Waals surface area contributed by atoms with Crippen molar-refractivity contribution in [3.05, 3.63) is 58.1 Å². The molecule has 1 unspecified atom stereocenters. The first-order chi connectivity index (χ1) is 14.1. The average Bonchev–Trinajstić information content (AvgIpc) is 2.71. The fraction of sp³-hybridized carbons (Fsp3) is 0.316. The van der Waals surface area contributed by atoms with Crippen molar-refractivity contribution in [2.45, 2.75) is 17.9 Å². The highest BCUT2D eigenvalue weighted by atomic mass is 35.5. The van der Waals surface area contributed by atoms with Crippen molar-refractivity contribution in [3.8, 4) is 0 Å². The van der Waals surface area contributed by atoms with Crippen molar-refractivity contribution >= 4 is 44.8 Å². The van der Waals surface area contributed by atoms with E-state index in [0.29, 0.717) is 6.07 Å². The number of piperazine rings is 1. The lowest BCUT2D eigenvalue weighted by Crippen LogP contribution is -2.54. The molecule has 2 aromatic rings. The van der Waals surface area contributed by atoms with Crippen LogP contribution in [-0.2, 0) is 14.8 Å². The van der Waals surface area contributed by atoms with Crippen molar-refractivity contribution in [2.75, 3.05) is 31.5 Å². The Kier molecular flexibility index (Phi) is 6.98. The molecule has 11 heteroatoms. The normalized spacial score (nSPS) is 17.0. The standard InChI is InChI=1S/C19H19Cl2F2N3O3S/c1-12(19(27)24-16-6-5-13(22)11-15(16)23)25-7-9-26(10-8-25)30(28,29)17-4-2-3-14(20)18(17)21/h2-6,11-12H,7-10H2,1H3,(H,24,27). The van der Waals surface area contributed by atoms with Crippen molar-refractivity contribution < 1.29 is 22.0 Å². The molecule has 1 heterocycles. The van der Waals surface area contributed by atoms with Crippen LogP contribution in [0.1, 0.15) is 6.92 Å². The van der Waals surface area contributed by atoms with Crippen molar-refractivity contribution in [1.29, 1.82) is 0 Å². The largest absolute Gasteiger partial charge is 0.322 e. The molecule has 162 valence electrons. The molecule has 1 fully saturated rings. The molecule has 1 saturated heterocycles. The van der Waals surface area contributed by atoms with E-state index < -0.39 is 33.6 Å². The number of amides is 1. The molecule has 0 spiro atoms. The third-order valence-electron chi connectivity index (χ3n) is 4.92. The summed E-state index contributed by atoms with van der Waals surface area (Å²) >= 11 is 12.0. The van der Waals surface area contributed by atoms with Crippen LogP contribution in [0.2, 0.25) is 10.0 Å². The summed E-state index contributed by atoms with van der Waals surface area (Å²) in [5.74, 6) is -2.09. The summed E-state index contributed by atoms with van der Waals surface area (Å²) < 4.78 is 53.8. The number of nitrogens with one attached hydrogen (secondary N) is 1. The van der Waals surface area contributed by atoms with E-state index in [2.05, 4.69) is 5.32 Å². The minimum Gasteiger partial charge on any atom is -0.322 e. The zero-order chi connectivity index (χ0) is 22.1. The van der Waals surface area contributed by atoms with Gasteiger partial charge in [-0.1, -0.05) is 29.3 Å². The highest BCUT2D eigenvalue weighted by Crippen LogP contribution is 2.31. The van der Waals surface area contributed by atoms with Crippen molar-refractivity contribution in [3.63, 3.8) is 0 Å². The second-order valence-corrected chi connectivity index (χ2v) is 9.47. The van der Waals surface area contributed by atoms with Gasteiger partial charge in [-0.2, -0.15) is 4.31 Å². The zero-order valence-electron chi connectivity index (χ0n) is 15.9. The number of carbonyl (C=O) groups is 1. The molecule has 0 bridgehead atoms. The topological polar surface area (TPSA) is 69.7 Å². The fourth-order valence-corrected chi connectivity index (χ4v) is 5.31. The lowest BCUT2D eigenvalue weighted by Gasteiger charge is -2.36. The fourth-order valence-electron chi connectivity index (χ4n) is 3.15. The van der Waals surface area contributed by atoms with Crippen LogP contribution in [0.5, 0.6) is 0 Å². The summed E-state index contributed by atoms with van der Waals surface area (Å²) in [6.45, 7) is 2.51. The van der Waals surface area contributed by atoms with Crippen LogP contribution in [0.3, 0.4) is 0 Å². The van der Waals surface area contributed by atoms with Crippen LogP contribution in [0.15, 0.2) is 41.3 Å². The van der Waals surface area contributed by atoms with Crippen LogP contribution in [0, 0.1) is 11.6 Å². The maximum atomic E-state index is 13.8. The maximum absolute atomic E-state index is 13.8. The number of carbonyl (C=O) groups excluding carboxylic acids is 1. The number of rotatable bonds is 5. The summed E-state index contributed by atoms with van der Waals surface area (Å²) in [4.78, 5) is 14.2. The number of anilines is 1. The number of hydrogen-bond donors (Lipinski definition) is 1. The third-order valence-corrected chi connectivity index (χ3v) is 7.80. The number of benzene rings is 2. The van der Waals surface area contributed by atoms with E-state index in [1.54, 1.807) is 11.8 Å². The van der Waals surface area contributed by atoms with Gasteiger partial charge in [0.05, 0.1) is 21.8 Å². The van der Waals surface area contributed by atoms with Gasteiger partial charge in [0.1, 0.15) is 16.5 Å². The van der Waals surface area contributed by atoms with Gasteiger partial charge in [-0.3, -0.25) is 9.69 Å². The van der Waals surface area contributed by atoms with Gasteiger partial charge in [-0.15, -0.1) is 0 Å². The maximum Gasteiger partial charge on any atom is 0.244 e. The Bertz CT molecular complexity index is 1060. The number of nitrogens with zero attached hydrogens (tertiary/aromatic N) is 2. The third kappa shape index (κ3) is 4.76. The van der Waals surface area contributed by atoms with Crippen LogP contribution in [-0.4, -0.2) is 55.8 Å². The van der Waals surface area contributed by atoms with Gasteiger partial charge in [0.15, 0.2) is 0 Å². The summed E-state index contributed by atoms with van der Waals surface area (Å²) in [5, 5.41) is 2.55. The second-order valence-electron chi connectivity index (χ2n) is 6.78. The highest BCUT2D eigenvalue weighted by Gasteiger charge is 2.33. The minimum absolute atomic E-state index is 0.0318. The lowest BCUT2D eigenvalue weighted by atomic mass is 10.2. The molecule has 0 aliphatic carbocycles. The predicted molar refractivity (Wildman–Crippen MR) is 111 cm³/mol. The molecular formula is C19H19Cl2F2N3O3S. The molecule has 6 nitrogen and oxygen atoms in total. The van der Waals surface area contributed by atoms with Crippen LogP contribution in [0.25, 0.3) is 0 Å². The van der Waals surface area contributed by atoms with Crippen LogP contribution in [0.4, 0.5) is 14.5 Å². The van der Waals surface area contributed by atoms with E-state index in [1.165, 1.54) is 22.5 Å². The van der Waals surface area contributed by atoms with Gasteiger partial charge >= 0.3 is 0 Å². The zero-order valence-corrected chi connectivity index (χ0v) is 18.2. The molecule has 0 saturated carbocycles. The molecule has 1 atom stereocenters. The van der Waals surface area contributed by atoms with Crippen molar-refractivity contribution in [2.24, 2.45) is 0 Å². The molecule has 1 N–H and O–H groups in total. The smallest absolute Gasteiger partial charge is 0.244 e.